The average Bonchev–Trinajstić information content (AvgIpc) is 2.96. The molecule has 7 nitrogen and oxygen atoms in total. The van der Waals surface area contributed by atoms with Gasteiger partial charge in [-0.05, 0) is 49.9 Å². The van der Waals surface area contributed by atoms with E-state index in [0.717, 1.165) is 24.0 Å². The van der Waals surface area contributed by atoms with Gasteiger partial charge in [-0.15, -0.1) is 0 Å². The first-order valence-electron chi connectivity index (χ1n) is 9.58. The van der Waals surface area contributed by atoms with Crippen LogP contribution in [0.4, 0.5) is 0 Å². The van der Waals surface area contributed by atoms with Gasteiger partial charge in [0.15, 0.2) is 0 Å². The number of nitrogens with two attached hydrogens (primary N) is 1. The van der Waals surface area contributed by atoms with Gasteiger partial charge in [0.25, 0.3) is 5.91 Å². The van der Waals surface area contributed by atoms with E-state index in [1.165, 1.54) is 0 Å². The average molecular weight is 372 g/mol. The van der Waals surface area contributed by atoms with Crippen molar-refractivity contribution in [3.8, 4) is 0 Å². The van der Waals surface area contributed by atoms with E-state index in [4.69, 9.17) is 5.73 Å². The number of carbonyl (C=O) groups excluding carboxylic acids is 3. The predicted octanol–water partition coefficient (Wildman–Crippen LogP) is 1.05. The fourth-order valence-corrected chi connectivity index (χ4v) is 3.76. The standard InChI is InChI=1S/C20H28N4O3/c1-3-20(2,8-9-21)22-11-13-4-5-15-14(10-13)12-24(19(15)27)16-6-7-17(25)23-18(16)26/h4-5,10,16,22H,3,6-9,11-12,21H2,1-2H3,(H,23,25,26). The van der Waals surface area contributed by atoms with Crippen LogP contribution in [0.15, 0.2) is 18.2 Å². The number of benzene rings is 1. The van der Waals surface area contributed by atoms with Crippen LogP contribution in [0.5, 0.6) is 0 Å². The van der Waals surface area contributed by atoms with Crippen LogP contribution in [0.3, 0.4) is 0 Å². The molecule has 3 rings (SSSR count). The topological polar surface area (TPSA) is 105 Å². The molecule has 0 spiro atoms. The lowest BCUT2D eigenvalue weighted by Crippen LogP contribution is -2.52. The van der Waals surface area contributed by atoms with Crippen molar-refractivity contribution in [1.82, 2.24) is 15.5 Å². The first-order chi connectivity index (χ1) is 12.9. The van der Waals surface area contributed by atoms with Crippen LogP contribution in [0.25, 0.3) is 0 Å². The van der Waals surface area contributed by atoms with Gasteiger partial charge in [-0.1, -0.05) is 19.1 Å². The fourth-order valence-electron chi connectivity index (χ4n) is 3.76. The minimum absolute atomic E-state index is 0.0116. The molecule has 2 atom stereocenters. The molecule has 0 saturated carbocycles. The van der Waals surface area contributed by atoms with Crippen molar-refractivity contribution in [2.24, 2.45) is 5.73 Å². The van der Waals surface area contributed by atoms with E-state index in [1.807, 2.05) is 18.2 Å². The summed E-state index contributed by atoms with van der Waals surface area (Å²) in [7, 11) is 0. The Hall–Kier alpha value is -2.25. The van der Waals surface area contributed by atoms with Crippen LogP contribution in [0.1, 0.15) is 61.0 Å². The highest BCUT2D eigenvalue weighted by Gasteiger charge is 2.39. The predicted molar refractivity (Wildman–Crippen MR) is 102 cm³/mol. The van der Waals surface area contributed by atoms with Crippen molar-refractivity contribution < 1.29 is 14.4 Å². The largest absolute Gasteiger partial charge is 0.330 e. The van der Waals surface area contributed by atoms with E-state index in [-0.39, 0.29) is 29.7 Å². The lowest BCUT2D eigenvalue weighted by molar-refractivity contribution is -0.136. The molecule has 146 valence electrons. The Morgan fingerprint density at radius 3 is 2.78 bits per heavy atom. The van der Waals surface area contributed by atoms with Gasteiger partial charge in [-0.2, -0.15) is 0 Å². The summed E-state index contributed by atoms with van der Waals surface area (Å²) in [5, 5.41) is 5.90. The smallest absolute Gasteiger partial charge is 0.255 e. The Balaban J connectivity index is 1.70. The van der Waals surface area contributed by atoms with E-state index in [2.05, 4.69) is 24.5 Å². The molecule has 1 aromatic carbocycles. The Kier molecular flexibility index (Phi) is 5.62. The number of rotatable bonds is 7. The fraction of sp³-hybridized carbons (Fsp3) is 0.550. The second kappa shape index (κ2) is 7.78. The highest BCUT2D eigenvalue weighted by atomic mass is 16.2. The number of nitrogens with one attached hydrogen (secondary N) is 2. The molecule has 2 aliphatic heterocycles. The summed E-state index contributed by atoms with van der Waals surface area (Å²) in [6.07, 6.45) is 2.53. The minimum atomic E-state index is -0.572. The molecule has 1 fully saturated rings. The Labute approximate surface area is 159 Å². The number of hydrogen-bond donors (Lipinski definition) is 3. The Morgan fingerprint density at radius 2 is 2.11 bits per heavy atom. The van der Waals surface area contributed by atoms with Crippen molar-refractivity contribution in [3.63, 3.8) is 0 Å². The maximum Gasteiger partial charge on any atom is 0.255 e. The second-order valence-electron chi connectivity index (χ2n) is 7.70. The summed E-state index contributed by atoms with van der Waals surface area (Å²) in [5.41, 5.74) is 8.38. The lowest BCUT2D eigenvalue weighted by Gasteiger charge is -2.29. The molecule has 3 amide bonds. The molecule has 2 unspecified atom stereocenters. The van der Waals surface area contributed by atoms with Crippen LogP contribution in [0, 0.1) is 0 Å². The summed E-state index contributed by atoms with van der Waals surface area (Å²) >= 11 is 0. The van der Waals surface area contributed by atoms with Crippen LogP contribution in [0.2, 0.25) is 0 Å². The Morgan fingerprint density at radius 1 is 1.33 bits per heavy atom. The molecule has 0 bridgehead atoms. The summed E-state index contributed by atoms with van der Waals surface area (Å²) < 4.78 is 0. The van der Waals surface area contributed by atoms with Gasteiger partial charge in [-0.3, -0.25) is 19.7 Å². The lowest BCUT2D eigenvalue weighted by atomic mass is 9.94. The molecule has 0 radical (unpaired) electrons. The van der Waals surface area contributed by atoms with Crippen LogP contribution in [-0.4, -0.2) is 40.7 Å². The summed E-state index contributed by atoms with van der Waals surface area (Å²) in [6, 6.07) is 5.25. The highest BCUT2D eigenvalue weighted by Crippen LogP contribution is 2.28. The molecule has 4 N–H and O–H groups in total. The number of nitrogens with zero attached hydrogens (tertiary/aromatic N) is 1. The van der Waals surface area contributed by atoms with E-state index in [1.54, 1.807) is 4.90 Å². The van der Waals surface area contributed by atoms with Gasteiger partial charge in [0.1, 0.15) is 6.04 Å². The van der Waals surface area contributed by atoms with Gasteiger partial charge in [0, 0.05) is 30.6 Å². The first kappa shape index (κ1) is 19.5. The third kappa shape index (κ3) is 4.04. The molecule has 2 heterocycles. The van der Waals surface area contributed by atoms with E-state index in [0.29, 0.717) is 31.6 Å². The molecule has 2 aliphatic rings. The molecule has 27 heavy (non-hydrogen) atoms. The van der Waals surface area contributed by atoms with Crippen molar-refractivity contribution in [2.75, 3.05) is 6.54 Å². The molecule has 0 aliphatic carbocycles. The maximum absolute atomic E-state index is 12.7. The summed E-state index contributed by atoms with van der Waals surface area (Å²) in [6.45, 7) is 6.05. The van der Waals surface area contributed by atoms with E-state index < -0.39 is 6.04 Å². The SMILES string of the molecule is CCC(C)(CCN)NCc1ccc2c(c1)CN(C1CCC(=O)NC1=O)C2=O. The molecule has 0 aromatic heterocycles. The Bertz CT molecular complexity index is 764. The first-order valence-corrected chi connectivity index (χ1v) is 9.58. The molecule has 1 saturated heterocycles. The maximum atomic E-state index is 12.7. The minimum Gasteiger partial charge on any atom is -0.330 e. The quantitative estimate of drug-likeness (QED) is 0.621. The number of amides is 3. The van der Waals surface area contributed by atoms with Gasteiger partial charge < -0.3 is 16.0 Å². The molecular weight excluding hydrogens is 344 g/mol. The van der Waals surface area contributed by atoms with Gasteiger partial charge in [0.2, 0.25) is 11.8 Å². The zero-order chi connectivity index (χ0) is 19.6. The van der Waals surface area contributed by atoms with Crippen LogP contribution in [-0.2, 0) is 22.7 Å². The third-order valence-electron chi connectivity index (χ3n) is 5.78. The van der Waals surface area contributed by atoms with Crippen LogP contribution >= 0.6 is 0 Å². The highest BCUT2D eigenvalue weighted by molar-refractivity contribution is 6.05. The molecule has 1 aromatic rings. The normalized spacial score (nSPS) is 21.8. The second-order valence-corrected chi connectivity index (χ2v) is 7.70. The summed E-state index contributed by atoms with van der Waals surface area (Å²) in [4.78, 5) is 37.8. The molecular formula is C20H28N4O3. The van der Waals surface area contributed by atoms with E-state index >= 15 is 0 Å². The number of imide groups is 1. The van der Waals surface area contributed by atoms with Crippen LogP contribution < -0.4 is 16.4 Å². The number of carbonyl (C=O) groups is 3. The number of piperidine rings is 1. The number of fused-ring (bicyclic) bond motifs is 1. The molecule has 7 heteroatoms. The van der Waals surface area contributed by atoms with E-state index in [9.17, 15) is 14.4 Å². The zero-order valence-corrected chi connectivity index (χ0v) is 16.0. The van der Waals surface area contributed by atoms with Crippen molar-refractivity contribution in [3.05, 3.63) is 34.9 Å². The number of hydrogen-bond acceptors (Lipinski definition) is 5. The monoisotopic (exact) mass is 372 g/mol. The zero-order valence-electron chi connectivity index (χ0n) is 16.0. The van der Waals surface area contributed by atoms with Gasteiger partial charge >= 0.3 is 0 Å². The van der Waals surface area contributed by atoms with Crippen molar-refractivity contribution in [1.29, 1.82) is 0 Å². The third-order valence-corrected chi connectivity index (χ3v) is 5.78. The van der Waals surface area contributed by atoms with Crippen molar-refractivity contribution in [2.45, 2.75) is 64.2 Å². The summed E-state index contributed by atoms with van der Waals surface area (Å²) in [5.74, 6) is -0.791. The van der Waals surface area contributed by atoms with Gasteiger partial charge in [0.05, 0.1) is 0 Å². The van der Waals surface area contributed by atoms with Crippen molar-refractivity contribution >= 4 is 17.7 Å². The van der Waals surface area contributed by atoms with Gasteiger partial charge in [-0.25, -0.2) is 0 Å².